The van der Waals surface area contributed by atoms with E-state index in [2.05, 4.69) is 21.2 Å². The highest BCUT2D eigenvalue weighted by atomic mass is 79.9. The van der Waals surface area contributed by atoms with Crippen molar-refractivity contribution in [2.45, 2.75) is 19.4 Å². The van der Waals surface area contributed by atoms with Gasteiger partial charge >= 0.3 is 0 Å². The molecule has 1 N–H and O–H groups in total. The Bertz CT molecular complexity index is 778. The van der Waals surface area contributed by atoms with Crippen molar-refractivity contribution >= 4 is 39.1 Å². The van der Waals surface area contributed by atoms with E-state index in [1.807, 2.05) is 48.5 Å². The molecule has 24 heavy (non-hydrogen) atoms. The first-order valence-corrected chi connectivity index (χ1v) is 8.46. The molecule has 6 heteroatoms. The van der Waals surface area contributed by atoms with Gasteiger partial charge < -0.3 is 15.0 Å². The maximum Gasteiger partial charge on any atom is 0.267 e. The minimum absolute atomic E-state index is 0.135. The lowest BCUT2D eigenvalue weighted by Gasteiger charge is -2.32. The van der Waals surface area contributed by atoms with E-state index in [4.69, 9.17) is 4.74 Å². The fraction of sp³-hybridized carbons (Fsp3) is 0.222. The van der Waals surface area contributed by atoms with Gasteiger partial charge in [0.25, 0.3) is 5.91 Å². The molecule has 0 aromatic heterocycles. The van der Waals surface area contributed by atoms with Crippen LogP contribution in [0.4, 0.5) is 11.4 Å². The Labute approximate surface area is 148 Å². The van der Waals surface area contributed by atoms with Crippen LogP contribution < -0.4 is 15.0 Å². The third kappa shape index (κ3) is 3.59. The monoisotopic (exact) mass is 388 g/mol. The lowest BCUT2D eigenvalue weighted by atomic mass is 10.1. The number of benzene rings is 2. The second kappa shape index (κ2) is 7.05. The highest BCUT2D eigenvalue weighted by Crippen LogP contribution is 2.33. The molecule has 1 unspecified atom stereocenters. The van der Waals surface area contributed by atoms with Gasteiger partial charge in [-0.25, -0.2) is 0 Å². The summed E-state index contributed by atoms with van der Waals surface area (Å²) in [6.07, 6.45) is -0.340. The number of ether oxygens (including phenoxy) is 1. The third-order valence-corrected chi connectivity index (χ3v) is 4.24. The Morgan fingerprint density at radius 1 is 1.25 bits per heavy atom. The van der Waals surface area contributed by atoms with E-state index in [9.17, 15) is 9.59 Å². The smallest absolute Gasteiger partial charge is 0.267 e. The van der Waals surface area contributed by atoms with Crippen LogP contribution in [0.5, 0.6) is 5.75 Å². The van der Waals surface area contributed by atoms with Gasteiger partial charge in [0, 0.05) is 23.1 Å². The first-order chi connectivity index (χ1) is 11.5. The van der Waals surface area contributed by atoms with Gasteiger partial charge in [0.15, 0.2) is 6.10 Å². The molecule has 0 saturated heterocycles. The molecular weight excluding hydrogens is 372 g/mol. The summed E-state index contributed by atoms with van der Waals surface area (Å²) in [7, 11) is 0. The van der Waals surface area contributed by atoms with Gasteiger partial charge in [0.1, 0.15) is 5.75 Å². The summed E-state index contributed by atoms with van der Waals surface area (Å²) in [5.41, 5.74) is 1.42. The minimum Gasteiger partial charge on any atom is -0.479 e. The number of fused-ring (bicyclic) bond motifs is 1. The van der Waals surface area contributed by atoms with E-state index in [1.165, 1.54) is 0 Å². The Balaban J connectivity index is 1.67. The zero-order valence-corrected chi connectivity index (χ0v) is 14.7. The van der Waals surface area contributed by atoms with Crippen LogP contribution >= 0.6 is 15.9 Å². The molecular formula is C18H17BrN2O3. The molecule has 0 bridgehead atoms. The van der Waals surface area contributed by atoms with Crippen molar-refractivity contribution in [1.29, 1.82) is 0 Å². The van der Waals surface area contributed by atoms with Crippen molar-refractivity contribution in [2.24, 2.45) is 0 Å². The van der Waals surface area contributed by atoms with Crippen LogP contribution in [0.1, 0.15) is 13.3 Å². The molecule has 0 spiro atoms. The predicted octanol–water partition coefficient (Wildman–Crippen LogP) is 3.59. The summed E-state index contributed by atoms with van der Waals surface area (Å²) in [5.74, 6) is 0.387. The van der Waals surface area contributed by atoms with Gasteiger partial charge in [-0.1, -0.05) is 34.1 Å². The number of rotatable bonds is 4. The fourth-order valence-electron chi connectivity index (χ4n) is 2.59. The van der Waals surface area contributed by atoms with E-state index in [1.54, 1.807) is 11.8 Å². The van der Waals surface area contributed by atoms with E-state index in [-0.39, 0.29) is 18.2 Å². The lowest BCUT2D eigenvalue weighted by molar-refractivity contribution is -0.125. The Morgan fingerprint density at radius 2 is 2.04 bits per heavy atom. The average Bonchev–Trinajstić information content (AvgIpc) is 2.55. The quantitative estimate of drug-likeness (QED) is 0.870. The molecule has 1 aliphatic rings. The van der Waals surface area contributed by atoms with Crippen LogP contribution in [0.2, 0.25) is 0 Å². The maximum atomic E-state index is 12.4. The standard InChI is InChI=1S/C18H17BrN2O3/c1-12-18(23)21(15-7-2-3-8-16(15)24-12)10-9-17(22)20-14-6-4-5-13(19)11-14/h2-8,11-12H,9-10H2,1H3,(H,20,22). The van der Waals surface area contributed by atoms with Gasteiger partial charge in [0.05, 0.1) is 5.69 Å². The summed E-state index contributed by atoms with van der Waals surface area (Å²) in [4.78, 5) is 26.2. The number of carbonyl (C=O) groups excluding carboxylic acids is 2. The zero-order valence-electron chi connectivity index (χ0n) is 13.2. The minimum atomic E-state index is -0.548. The maximum absolute atomic E-state index is 12.4. The van der Waals surface area contributed by atoms with Crippen molar-refractivity contribution < 1.29 is 14.3 Å². The summed E-state index contributed by atoms with van der Waals surface area (Å²) in [5, 5.41) is 2.83. The highest BCUT2D eigenvalue weighted by molar-refractivity contribution is 9.10. The van der Waals surface area contributed by atoms with Gasteiger partial charge in [-0.15, -0.1) is 0 Å². The molecule has 0 fully saturated rings. The summed E-state index contributed by atoms with van der Waals surface area (Å²) >= 11 is 3.37. The molecule has 1 heterocycles. The molecule has 1 atom stereocenters. The number of nitrogens with zero attached hydrogens (tertiary/aromatic N) is 1. The van der Waals surface area contributed by atoms with Crippen LogP contribution in [0.15, 0.2) is 53.0 Å². The fourth-order valence-corrected chi connectivity index (χ4v) is 2.99. The highest BCUT2D eigenvalue weighted by Gasteiger charge is 2.31. The average molecular weight is 389 g/mol. The molecule has 0 saturated carbocycles. The first kappa shape index (κ1) is 16.5. The summed E-state index contributed by atoms with van der Waals surface area (Å²) in [6, 6.07) is 14.7. The normalized spacial score (nSPS) is 16.3. The molecule has 5 nitrogen and oxygen atoms in total. The number of hydrogen-bond acceptors (Lipinski definition) is 3. The number of carbonyl (C=O) groups is 2. The zero-order chi connectivity index (χ0) is 17.1. The van der Waals surface area contributed by atoms with Crippen LogP contribution in [0, 0.1) is 0 Å². The van der Waals surface area contributed by atoms with E-state index >= 15 is 0 Å². The molecule has 1 aliphatic heterocycles. The van der Waals surface area contributed by atoms with E-state index in [0.717, 1.165) is 10.2 Å². The predicted molar refractivity (Wildman–Crippen MR) is 96.3 cm³/mol. The Hall–Kier alpha value is -2.34. The Kier molecular flexibility index (Phi) is 4.85. The second-order valence-corrected chi connectivity index (χ2v) is 6.44. The second-order valence-electron chi connectivity index (χ2n) is 5.53. The van der Waals surface area contributed by atoms with Gasteiger partial charge in [-0.05, 0) is 37.3 Å². The summed E-state index contributed by atoms with van der Waals surface area (Å²) in [6.45, 7) is 2.02. The molecule has 2 amide bonds. The SMILES string of the molecule is CC1Oc2ccccc2N(CCC(=O)Nc2cccc(Br)c2)C1=O. The summed E-state index contributed by atoms with van der Waals surface area (Å²) < 4.78 is 6.49. The van der Waals surface area contributed by atoms with Crippen molar-refractivity contribution in [3.8, 4) is 5.75 Å². The molecule has 2 aromatic rings. The number of amides is 2. The molecule has 3 rings (SSSR count). The van der Waals surface area contributed by atoms with Gasteiger partial charge in [0.2, 0.25) is 5.91 Å². The Morgan fingerprint density at radius 3 is 2.83 bits per heavy atom. The molecule has 0 radical (unpaired) electrons. The third-order valence-electron chi connectivity index (χ3n) is 3.74. The number of nitrogens with one attached hydrogen (secondary N) is 1. The van der Waals surface area contributed by atoms with Crippen LogP contribution in [-0.2, 0) is 9.59 Å². The molecule has 124 valence electrons. The topological polar surface area (TPSA) is 58.6 Å². The van der Waals surface area contributed by atoms with Crippen molar-refractivity contribution in [1.82, 2.24) is 0 Å². The number of para-hydroxylation sites is 2. The molecule has 0 aliphatic carbocycles. The number of halogens is 1. The number of anilines is 2. The lowest BCUT2D eigenvalue weighted by Crippen LogP contribution is -2.45. The van der Waals surface area contributed by atoms with Crippen LogP contribution in [0.3, 0.4) is 0 Å². The number of hydrogen-bond donors (Lipinski definition) is 1. The van der Waals surface area contributed by atoms with Crippen LogP contribution in [-0.4, -0.2) is 24.5 Å². The van der Waals surface area contributed by atoms with E-state index < -0.39 is 6.10 Å². The van der Waals surface area contributed by atoms with Gasteiger partial charge in [-0.3, -0.25) is 9.59 Å². The van der Waals surface area contributed by atoms with Gasteiger partial charge in [-0.2, -0.15) is 0 Å². The largest absolute Gasteiger partial charge is 0.479 e. The van der Waals surface area contributed by atoms with Crippen molar-refractivity contribution in [3.05, 3.63) is 53.0 Å². The van der Waals surface area contributed by atoms with E-state index in [0.29, 0.717) is 18.0 Å². The van der Waals surface area contributed by atoms with Crippen molar-refractivity contribution in [2.75, 3.05) is 16.8 Å². The molecule has 2 aromatic carbocycles. The van der Waals surface area contributed by atoms with Crippen LogP contribution in [0.25, 0.3) is 0 Å². The van der Waals surface area contributed by atoms with Crippen molar-refractivity contribution in [3.63, 3.8) is 0 Å². The first-order valence-electron chi connectivity index (χ1n) is 7.67.